The second-order valence-corrected chi connectivity index (χ2v) is 5.49. The molecule has 3 rings (SSSR count). The van der Waals surface area contributed by atoms with Gasteiger partial charge in [-0.25, -0.2) is 0 Å². The first-order valence-electron chi connectivity index (χ1n) is 7.02. The molecule has 0 spiro atoms. The van der Waals surface area contributed by atoms with Crippen LogP contribution >= 0.6 is 0 Å². The van der Waals surface area contributed by atoms with Crippen molar-refractivity contribution < 1.29 is 9.53 Å². The average molecular weight is 266 g/mol. The van der Waals surface area contributed by atoms with Crippen LogP contribution in [-0.2, 0) is 0 Å². The van der Waals surface area contributed by atoms with Crippen molar-refractivity contribution in [3.05, 3.63) is 64.7 Å². The molecule has 0 bridgehead atoms. The number of rotatable bonds is 4. The molecular weight excluding hydrogens is 248 g/mol. The summed E-state index contributed by atoms with van der Waals surface area (Å²) >= 11 is 0. The highest BCUT2D eigenvalue weighted by Crippen LogP contribution is 2.27. The molecule has 102 valence electrons. The van der Waals surface area contributed by atoms with E-state index in [9.17, 15) is 4.79 Å². The van der Waals surface area contributed by atoms with Gasteiger partial charge in [0.25, 0.3) is 0 Å². The van der Waals surface area contributed by atoms with E-state index in [-0.39, 0.29) is 5.78 Å². The Bertz CT molecular complexity index is 637. The second kappa shape index (κ2) is 5.12. The molecule has 0 aliphatic heterocycles. The molecule has 0 saturated heterocycles. The normalized spacial score (nSPS) is 14.1. The zero-order valence-electron chi connectivity index (χ0n) is 11.8. The van der Waals surface area contributed by atoms with Crippen LogP contribution in [0.3, 0.4) is 0 Å². The minimum atomic E-state index is 0.0733. The summed E-state index contributed by atoms with van der Waals surface area (Å²) in [6, 6.07) is 13.4. The summed E-state index contributed by atoms with van der Waals surface area (Å²) in [5, 5.41) is 0. The van der Waals surface area contributed by atoms with E-state index < -0.39 is 0 Å². The molecule has 0 aromatic heterocycles. The van der Waals surface area contributed by atoms with Crippen LogP contribution in [0.4, 0.5) is 0 Å². The minimum absolute atomic E-state index is 0.0733. The molecule has 2 aromatic rings. The third kappa shape index (κ3) is 2.74. The van der Waals surface area contributed by atoms with Gasteiger partial charge in [-0.15, -0.1) is 0 Å². The smallest absolute Gasteiger partial charge is 0.193 e. The molecule has 0 radical (unpaired) electrons. The zero-order valence-corrected chi connectivity index (χ0v) is 11.8. The van der Waals surface area contributed by atoms with Gasteiger partial charge >= 0.3 is 0 Å². The monoisotopic (exact) mass is 266 g/mol. The van der Waals surface area contributed by atoms with Crippen LogP contribution in [0.5, 0.6) is 5.75 Å². The molecule has 0 N–H and O–H groups in total. The van der Waals surface area contributed by atoms with Crippen molar-refractivity contribution >= 4 is 5.78 Å². The maximum atomic E-state index is 12.5. The number of ketones is 1. The molecule has 1 aliphatic carbocycles. The Kier molecular flexibility index (Phi) is 3.31. The molecule has 0 unspecified atom stereocenters. The number of hydrogen-bond donors (Lipinski definition) is 0. The van der Waals surface area contributed by atoms with Crippen molar-refractivity contribution in [1.82, 2.24) is 0 Å². The molecule has 0 atom stereocenters. The van der Waals surface area contributed by atoms with E-state index in [2.05, 4.69) is 0 Å². The Morgan fingerprint density at radius 2 is 1.75 bits per heavy atom. The fraction of sp³-hybridized carbons (Fsp3) is 0.278. The lowest BCUT2D eigenvalue weighted by atomic mass is 9.97. The Hall–Kier alpha value is -2.09. The molecule has 2 aromatic carbocycles. The van der Waals surface area contributed by atoms with Crippen molar-refractivity contribution in [2.75, 3.05) is 0 Å². The third-order valence-corrected chi connectivity index (χ3v) is 3.58. The summed E-state index contributed by atoms with van der Waals surface area (Å²) in [5.41, 5.74) is 3.61. The van der Waals surface area contributed by atoms with Gasteiger partial charge in [-0.2, -0.15) is 0 Å². The summed E-state index contributed by atoms with van der Waals surface area (Å²) in [6.07, 6.45) is 2.67. The second-order valence-electron chi connectivity index (χ2n) is 5.49. The van der Waals surface area contributed by atoms with Gasteiger partial charge in [-0.3, -0.25) is 4.79 Å². The fourth-order valence-corrected chi connectivity index (χ4v) is 2.20. The molecule has 1 fully saturated rings. The van der Waals surface area contributed by atoms with Crippen molar-refractivity contribution in [2.45, 2.75) is 32.8 Å². The number of carbonyl (C=O) groups excluding carboxylic acids is 1. The standard InChI is InChI=1S/C18H18O2/c1-12-3-4-13(2)17(11-12)18(19)14-5-7-15(8-6-14)20-16-9-10-16/h3-8,11,16H,9-10H2,1-2H3. The van der Waals surface area contributed by atoms with Crippen LogP contribution in [0.25, 0.3) is 0 Å². The molecular formula is C18H18O2. The van der Waals surface area contributed by atoms with Gasteiger partial charge in [-0.05, 0) is 62.6 Å². The third-order valence-electron chi connectivity index (χ3n) is 3.58. The van der Waals surface area contributed by atoms with E-state index in [1.165, 1.54) is 0 Å². The van der Waals surface area contributed by atoms with Crippen molar-refractivity contribution in [1.29, 1.82) is 0 Å². The van der Waals surface area contributed by atoms with Crippen LogP contribution in [-0.4, -0.2) is 11.9 Å². The number of hydrogen-bond acceptors (Lipinski definition) is 2. The van der Waals surface area contributed by atoms with Crippen molar-refractivity contribution in [3.8, 4) is 5.75 Å². The summed E-state index contributed by atoms with van der Waals surface area (Å²) in [5.74, 6) is 0.925. The maximum absolute atomic E-state index is 12.5. The van der Waals surface area contributed by atoms with E-state index in [4.69, 9.17) is 4.74 Å². The van der Waals surface area contributed by atoms with Crippen LogP contribution in [0, 0.1) is 13.8 Å². The minimum Gasteiger partial charge on any atom is -0.490 e. The van der Waals surface area contributed by atoms with Gasteiger partial charge in [0.1, 0.15) is 5.75 Å². The Morgan fingerprint density at radius 1 is 1.05 bits per heavy atom. The summed E-state index contributed by atoms with van der Waals surface area (Å²) in [4.78, 5) is 12.5. The van der Waals surface area contributed by atoms with Gasteiger partial charge in [0.15, 0.2) is 5.78 Å². The lowest BCUT2D eigenvalue weighted by molar-refractivity contribution is 0.103. The maximum Gasteiger partial charge on any atom is 0.193 e. The number of ether oxygens (including phenoxy) is 1. The first kappa shape index (κ1) is 12.9. The molecule has 2 heteroatoms. The first-order valence-corrected chi connectivity index (χ1v) is 7.02. The van der Waals surface area contributed by atoms with Gasteiger partial charge in [0.2, 0.25) is 0 Å². The predicted octanol–water partition coefficient (Wildman–Crippen LogP) is 4.08. The Balaban J connectivity index is 1.83. The SMILES string of the molecule is Cc1ccc(C)c(C(=O)c2ccc(OC3CC3)cc2)c1. The molecule has 1 saturated carbocycles. The largest absolute Gasteiger partial charge is 0.490 e. The molecule has 20 heavy (non-hydrogen) atoms. The van der Waals surface area contributed by atoms with E-state index in [1.807, 2.05) is 56.3 Å². The molecule has 0 heterocycles. The average Bonchev–Trinajstić information content (AvgIpc) is 3.26. The number of aryl methyl sites for hydroxylation is 2. The van der Waals surface area contributed by atoms with Gasteiger partial charge in [0, 0.05) is 11.1 Å². The van der Waals surface area contributed by atoms with Gasteiger partial charge < -0.3 is 4.74 Å². The topological polar surface area (TPSA) is 26.3 Å². The summed E-state index contributed by atoms with van der Waals surface area (Å²) < 4.78 is 5.70. The Labute approximate surface area is 119 Å². The van der Waals surface area contributed by atoms with Gasteiger partial charge in [-0.1, -0.05) is 17.7 Å². The molecule has 1 aliphatic rings. The quantitative estimate of drug-likeness (QED) is 0.780. The first-order chi connectivity index (χ1) is 9.63. The van der Waals surface area contributed by atoms with Crippen molar-refractivity contribution in [3.63, 3.8) is 0 Å². The van der Waals surface area contributed by atoms with Crippen LogP contribution in [0.15, 0.2) is 42.5 Å². The van der Waals surface area contributed by atoms with E-state index >= 15 is 0 Å². The fourth-order valence-electron chi connectivity index (χ4n) is 2.20. The molecule has 2 nitrogen and oxygen atoms in total. The predicted molar refractivity (Wildman–Crippen MR) is 79.4 cm³/mol. The number of benzene rings is 2. The lowest BCUT2D eigenvalue weighted by Crippen LogP contribution is -2.04. The lowest BCUT2D eigenvalue weighted by Gasteiger charge is -2.08. The van der Waals surface area contributed by atoms with Crippen LogP contribution in [0.2, 0.25) is 0 Å². The molecule has 0 amide bonds. The van der Waals surface area contributed by atoms with E-state index in [1.54, 1.807) is 0 Å². The number of carbonyl (C=O) groups is 1. The van der Waals surface area contributed by atoms with Gasteiger partial charge in [0.05, 0.1) is 6.10 Å². The van der Waals surface area contributed by atoms with E-state index in [0.29, 0.717) is 11.7 Å². The van der Waals surface area contributed by atoms with E-state index in [0.717, 1.165) is 35.3 Å². The highest BCUT2D eigenvalue weighted by atomic mass is 16.5. The zero-order chi connectivity index (χ0) is 14.1. The van der Waals surface area contributed by atoms with Crippen LogP contribution < -0.4 is 4.74 Å². The highest BCUT2D eigenvalue weighted by Gasteiger charge is 2.23. The summed E-state index contributed by atoms with van der Waals surface area (Å²) in [7, 11) is 0. The highest BCUT2D eigenvalue weighted by molar-refractivity contribution is 6.10. The summed E-state index contributed by atoms with van der Waals surface area (Å²) in [6.45, 7) is 3.97. The van der Waals surface area contributed by atoms with Crippen molar-refractivity contribution in [2.24, 2.45) is 0 Å². The van der Waals surface area contributed by atoms with Crippen LogP contribution in [0.1, 0.15) is 39.9 Å². The Morgan fingerprint density at radius 3 is 2.40 bits per heavy atom.